The standard InChI is InChI=1S/C11H16N2O2/c1-8(12)11(14)13(9-4-5-9)7-10-3-2-6-15-10/h2-3,6,8-9H,4-5,7,12H2,1H3/t8-/m0/s1. The molecule has 1 amide bonds. The Hall–Kier alpha value is -1.29. The molecule has 0 spiro atoms. The number of rotatable bonds is 4. The third-order valence-corrected chi connectivity index (χ3v) is 2.57. The highest BCUT2D eigenvalue weighted by Crippen LogP contribution is 2.28. The first-order valence-electron chi connectivity index (χ1n) is 5.27. The lowest BCUT2D eigenvalue weighted by Gasteiger charge is -2.23. The van der Waals surface area contributed by atoms with Gasteiger partial charge in [0, 0.05) is 6.04 Å². The summed E-state index contributed by atoms with van der Waals surface area (Å²) < 4.78 is 5.24. The number of hydrogen-bond donors (Lipinski definition) is 1. The van der Waals surface area contributed by atoms with E-state index >= 15 is 0 Å². The van der Waals surface area contributed by atoms with Gasteiger partial charge in [-0.05, 0) is 31.9 Å². The van der Waals surface area contributed by atoms with Crippen LogP contribution in [-0.4, -0.2) is 22.9 Å². The quantitative estimate of drug-likeness (QED) is 0.806. The molecule has 1 saturated carbocycles. The van der Waals surface area contributed by atoms with Crippen molar-refractivity contribution >= 4 is 5.91 Å². The van der Waals surface area contributed by atoms with E-state index in [0.29, 0.717) is 12.6 Å². The van der Waals surface area contributed by atoms with Crippen LogP contribution in [0.15, 0.2) is 22.8 Å². The molecule has 15 heavy (non-hydrogen) atoms. The van der Waals surface area contributed by atoms with Crippen molar-refractivity contribution < 1.29 is 9.21 Å². The van der Waals surface area contributed by atoms with E-state index in [4.69, 9.17) is 10.2 Å². The molecule has 1 atom stereocenters. The van der Waals surface area contributed by atoms with Gasteiger partial charge < -0.3 is 15.1 Å². The fourth-order valence-electron chi connectivity index (χ4n) is 1.61. The Balaban J connectivity index is 2.03. The third kappa shape index (κ3) is 2.39. The van der Waals surface area contributed by atoms with Crippen LogP contribution >= 0.6 is 0 Å². The normalized spacial score (nSPS) is 17.5. The van der Waals surface area contributed by atoms with Crippen molar-refractivity contribution in [2.75, 3.05) is 0 Å². The molecule has 0 radical (unpaired) electrons. The summed E-state index contributed by atoms with van der Waals surface area (Å²) in [5, 5.41) is 0. The van der Waals surface area contributed by atoms with E-state index in [1.54, 1.807) is 13.2 Å². The summed E-state index contributed by atoms with van der Waals surface area (Å²) in [5.41, 5.74) is 5.61. The Morgan fingerprint density at radius 3 is 2.93 bits per heavy atom. The highest BCUT2D eigenvalue weighted by Gasteiger charge is 2.34. The molecule has 0 aromatic carbocycles. The molecule has 0 unspecified atom stereocenters. The minimum atomic E-state index is -0.430. The Bertz CT molecular complexity index is 328. The van der Waals surface area contributed by atoms with Crippen LogP contribution in [0.25, 0.3) is 0 Å². The molecule has 1 aliphatic rings. The van der Waals surface area contributed by atoms with Crippen molar-refractivity contribution in [2.24, 2.45) is 5.73 Å². The van der Waals surface area contributed by atoms with E-state index in [-0.39, 0.29) is 5.91 Å². The maximum atomic E-state index is 11.8. The summed E-state index contributed by atoms with van der Waals surface area (Å²) in [6, 6.07) is 3.65. The smallest absolute Gasteiger partial charge is 0.239 e. The molecular formula is C11H16N2O2. The molecule has 1 aromatic heterocycles. The number of amides is 1. The average Bonchev–Trinajstić information content (AvgIpc) is 2.92. The maximum absolute atomic E-state index is 11.8. The zero-order chi connectivity index (χ0) is 10.8. The van der Waals surface area contributed by atoms with Gasteiger partial charge in [-0.15, -0.1) is 0 Å². The van der Waals surface area contributed by atoms with Gasteiger partial charge in [-0.2, -0.15) is 0 Å². The van der Waals surface area contributed by atoms with E-state index in [0.717, 1.165) is 18.6 Å². The minimum absolute atomic E-state index is 0.00824. The molecule has 4 nitrogen and oxygen atoms in total. The van der Waals surface area contributed by atoms with Gasteiger partial charge in [0.05, 0.1) is 18.8 Å². The van der Waals surface area contributed by atoms with Crippen molar-refractivity contribution in [2.45, 2.75) is 38.4 Å². The number of furan rings is 1. The highest BCUT2D eigenvalue weighted by molar-refractivity contribution is 5.81. The van der Waals surface area contributed by atoms with Gasteiger partial charge in [-0.3, -0.25) is 4.79 Å². The highest BCUT2D eigenvalue weighted by atomic mass is 16.3. The fraction of sp³-hybridized carbons (Fsp3) is 0.545. The van der Waals surface area contributed by atoms with Gasteiger partial charge in [0.15, 0.2) is 0 Å². The zero-order valence-electron chi connectivity index (χ0n) is 8.85. The van der Waals surface area contributed by atoms with E-state index in [1.165, 1.54) is 0 Å². The van der Waals surface area contributed by atoms with E-state index in [2.05, 4.69) is 0 Å². The largest absolute Gasteiger partial charge is 0.467 e. The lowest BCUT2D eigenvalue weighted by atomic mass is 10.3. The first kappa shape index (κ1) is 10.2. The van der Waals surface area contributed by atoms with Crippen LogP contribution in [0, 0.1) is 0 Å². The van der Waals surface area contributed by atoms with E-state index < -0.39 is 6.04 Å². The van der Waals surface area contributed by atoms with Crippen LogP contribution in [0.5, 0.6) is 0 Å². The van der Waals surface area contributed by atoms with Gasteiger partial charge in [-0.25, -0.2) is 0 Å². The zero-order valence-corrected chi connectivity index (χ0v) is 8.85. The van der Waals surface area contributed by atoms with Crippen LogP contribution < -0.4 is 5.73 Å². The predicted octanol–water partition coefficient (Wildman–Crippen LogP) is 1.12. The molecule has 1 aromatic rings. The van der Waals surface area contributed by atoms with E-state index in [1.807, 2.05) is 17.0 Å². The summed E-state index contributed by atoms with van der Waals surface area (Å²) in [6.07, 6.45) is 3.79. The minimum Gasteiger partial charge on any atom is -0.467 e. The van der Waals surface area contributed by atoms with Gasteiger partial charge >= 0.3 is 0 Å². The molecular weight excluding hydrogens is 192 g/mol. The second-order valence-corrected chi connectivity index (χ2v) is 4.07. The summed E-state index contributed by atoms with van der Waals surface area (Å²) in [4.78, 5) is 13.6. The molecule has 1 aliphatic carbocycles. The maximum Gasteiger partial charge on any atom is 0.239 e. The number of carbonyl (C=O) groups excluding carboxylic acids is 1. The first-order valence-corrected chi connectivity index (χ1v) is 5.27. The number of carbonyl (C=O) groups is 1. The van der Waals surface area contributed by atoms with Crippen LogP contribution in [0.3, 0.4) is 0 Å². The Morgan fingerprint density at radius 2 is 2.47 bits per heavy atom. The molecule has 1 fully saturated rings. The van der Waals surface area contributed by atoms with Crippen molar-refractivity contribution in [3.8, 4) is 0 Å². The number of hydrogen-bond acceptors (Lipinski definition) is 3. The molecule has 0 saturated heterocycles. The van der Waals surface area contributed by atoms with Gasteiger partial charge in [0.1, 0.15) is 5.76 Å². The Kier molecular flexibility index (Phi) is 2.77. The van der Waals surface area contributed by atoms with Gasteiger partial charge in [-0.1, -0.05) is 0 Å². The van der Waals surface area contributed by atoms with Gasteiger partial charge in [0.25, 0.3) is 0 Å². The molecule has 2 rings (SSSR count). The molecule has 1 heterocycles. The topological polar surface area (TPSA) is 59.5 Å². The van der Waals surface area contributed by atoms with E-state index in [9.17, 15) is 4.79 Å². The van der Waals surface area contributed by atoms with Crippen molar-refractivity contribution in [3.05, 3.63) is 24.2 Å². The van der Waals surface area contributed by atoms with Crippen LogP contribution in [0.2, 0.25) is 0 Å². The molecule has 0 bridgehead atoms. The third-order valence-electron chi connectivity index (χ3n) is 2.57. The lowest BCUT2D eigenvalue weighted by Crippen LogP contribution is -2.42. The molecule has 4 heteroatoms. The summed E-state index contributed by atoms with van der Waals surface area (Å²) in [5.74, 6) is 0.824. The predicted molar refractivity (Wildman–Crippen MR) is 55.9 cm³/mol. The second-order valence-electron chi connectivity index (χ2n) is 4.07. The van der Waals surface area contributed by atoms with Crippen LogP contribution in [0.4, 0.5) is 0 Å². The van der Waals surface area contributed by atoms with Crippen LogP contribution in [-0.2, 0) is 11.3 Å². The first-order chi connectivity index (χ1) is 7.18. The Labute approximate surface area is 89.0 Å². The molecule has 82 valence electrons. The van der Waals surface area contributed by atoms with Crippen molar-refractivity contribution in [1.29, 1.82) is 0 Å². The average molecular weight is 208 g/mol. The fourth-order valence-corrected chi connectivity index (χ4v) is 1.61. The van der Waals surface area contributed by atoms with Crippen molar-refractivity contribution in [3.63, 3.8) is 0 Å². The summed E-state index contributed by atoms with van der Waals surface area (Å²) >= 11 is 0. The summed E-state index contributed by atoms with van der Waals surface area (Å²) in [6.45, 7) is 2.26. The van der Waals surface area contributed by atoms with Crippen LogP contribution in [0.1, 0.15) is 25.5 Å². The second kappa shape index (κ2) is 4.06. The van der Waals surface area contributed by atoms with Crippen molar-refractivity contribution in [1.82, 2.24) is 4.90 Å². The van der Waals surface area contributed by atoms with Gasteiger partial charge in [0.2, 0.25) is 5.91 Å². The number of nitrogens with two attached hydrogens (primary N) is 1. The Morgan fingerprint density at radius 1 is 1.73 bits per heavy atom. The SMILES string of the molecule is C[C@H](N)C(=O)N(Cc1ccco1)C1CC1. The summed E-state index contributed by atoms with van der Waals surface area (Å²) in [7, 11) is 0. The monoisotopic (exact) mass is 208 g/mol. The molecule has 0 aliphatic heterocycles. The molecule has 2 N–H and O–H groups in total. The number of nitrogens with zero attached hydrogens (tertiary/aromatic N) is 1. The lowest BCUT2D eigenvalue weighted by molar-refractivity contribution is -0.133.